The molecule has 0 spiro atoms. The standard InChI is InChI=1S/C15H14BrNO5S/c1-9-3-5-12(11(7-9)15(18)19)17-23(20,21)14-8-10(16)4-6-13(14)22-2/h3-8,17H,1-2H3,(H,18,19). The smallest absolute Gasteiger partial charge is 0.337 e. The first-order valence-electron chi connectivity index (χ1n) is 6.45. The van der Waals surface area contributed by atoms with Gasteiger partial charge in [-0.1, -0.05) is 27.6 Å². The summed E-state index contributed by atoms with van der Waals surface area (Å²) in [4.78, 5) is 11.2. The maximum Gasteiger partial charge on any atom is 0.337 e. The Hall–Kier alpha value is -2.06. The molecule has 23 heavy (non-hydrogen) atoms. The van der Waals surface area contributed by atoms with Crippen molar-refractivity contribution in [3.8, 4) is 5.75 Å². The molecule has 0 heterocycles. The first-order valence-corrected chi connectivity index (χ1v) is 8.72. The van der Waals surface area contributed by atoms with Crippen molar-refractivity contribution in [3.63, 3.8) is 0 Å². The van der Waals surface area contributed by atoms with Crippen LogP contribution in [-0.2, 0) is 10.0 Å². The van der Waals surface area contributed by atoms with E-state index in [0.29, 0.717) is 10.0 Å². The number of hydrogen-bond acceptors (Lipinski definition) is 4. The fourth-order valence-electron chi connectivity index (χ4n) is 1.98. The van der Waals surface area contributed by atoms with Crippen LogP contribution in [0.4, 0.5) is 5.69 Å². The van der Waals surface area contributed by atoms with Crippen LogP contribution in [0.5, 0.6) is 5.75 Å². The number of methoxy groups -OCH3 is 1. The molecule has 122 valence electrons. The second-order valence-electron chi connectivity index (χ2n) is 4.75. The topological polar surface area (TPSA) is 92.7 Å². The number of ether oxygens (including phenoxy) is 1. The van der Waals surface area contributed by atoms with Gasteiger partial charge in [-0.05, 0) is 37.3 Å². The molecule has 0 atom stereocenters. The van der Waals surface area contributed by atoms with Crippen LogP contribution >= 0.6 is 15.9 Å². The van der Waals surface area contributed by atoms with E-state index in [0.717, 1.165) is 0 Å². The van der Waals surface area contributed by atoms with Crippen molar-refractivity contribution in [2.45, 2.75) is 11.8 Å². The minimum atomic E-state index is -4.02. The molecule has 0 fully saturated rings. The van der Waals surface area contributed by atoms with E-state index in [2.05, 4.69) is 20.7 Å². The zero-order valence-corrected chi connectivity index (χ0v) is 14.7. The van der Waals surface area contributed by atoms with Crippen molar-refractivity contribution >= 4 is 37.6 Å². The number of rotatable bonds is 5. The van der Waals surface area contributed by atoms with Gasteiger partial charge in [-0.3, -0.25) is 4.72 Å². The number of carboxylic acid groups (broad SMARTS) is 1. The van der Waals surface area contributed by atoms with E-state index in [4.69, 9.17) is 4.74 Å². The highest BCUT2D eigenvalue weighted by Crippen LogP contribution is 2.30. The fraction of sp³-hybridized carbons (Fsp3) is 0.133. The van der Waals surface area contributed by atoms with Gasteiger partial charge in [0.05, 0.1) is 18.4 Å². The molecule has 0 amide bonds. The number of nitrogens with one attached hydrogen (secondary N) is 1. The molecule has 0 aliphatic carbocycles. The van der Waals surface area contributed by atoms with Crippen LogP contribution in [0.2, 0.25) is 0 Å². The first kappa shape index (κ1) is 17.3. The number of carboxylic acids is 1. The molecular formula is C15H14BrNO5S. The summed E-state index contributed by atoms with van der Waals surface area (Å²) in [6.45, 7) is 1.72. The summed E-state index contributed by atoms with van der Waals surface area (Å²) >= 11 is 3.21. The van der Waals surface area contributed by atoms with Crippen molar-refractivity contribution in [1.82, 2.24) is 0 Å². The third kappa shape index (κ3) is 3.83. The maximum atomic E-state index is 12.6. The van der Waals surface area contributed by atoms with Gasteiger partial charge in [-0.25, -0.2) is 13.2 Å². The molecule has 0 aliphatic rings. The zero-order chi connectivity index (χ0) is 17.2. The van der Waals surface area contributed by atoms with Crippen molar-refractivity contribution in [2.24, 2.45) is 0 Å². The van der Waals surface area contributed by atoms with E-state index >= 15 is 0 Å². The molecule has 0 saturated carbocycles. The predicted molar refractivity (Wildman–Crippen MR) is 89.6 cm³/mol. The average molecular weight is 400 g/mol. The Kier molecular flexibility index (Phi) is 4.96. The molecule has 2 rings (SSSR count). The summed E-state index contributed by atoms with van der Waals surface area (Å²) in [7, 11) is -2.66. The average Bonchev–Trinajstić information content (AvgIpc) is 2.48. The zero-order valence-electron chi connectivity index (χ0n) is 12.3. The predicted octanol–water partition coefficient (Wildman–Crippen LogP) is 3.27. The van der Waals surface area contributed by atoms with Gasteiger partial charge in [0.15, 0.2) is 0 Å². The van der Waals surface area contributed by atoms with Gasteiger partial charge in [-0.2, -0.15) is 0 Å². The first-order chi connectivity index (χ1) is 10.7. The van der Waals surface area contributed by atoms with Crippen LogP contribution in [0, 0.1) is 6.92 Å². The lowest BCUT2D eigenvalue weighted by Crippen LogP contribution is -2.16. The molecule has 0 bridgehead atoms. The number of sulfonamides is 1. The van der Waals surface area contributed by atoms with E-state index in [9.17, 15) is 18.3 Å². The quantitative estimate of drug-likeness (QED) is 0.804. The Bertz CT molecular complexity index is 864. The third-order valence-electron chi connectivity index (χ3n) is 3.06. The van der Waals surface area contributed by atoms with Gasteiger partial charge in [0.2, 0.25) is 0 Å². The van der Waals surface area contributed by atoms with E-state index in [1.165, 1.54) is 31.4 Å². The largest absolute Gasteiger partial charge is 0.495 e. The summed E-state index contributed by atoms with van der Waals surface area (Å²) in [6.07, 6.45) is 0. The maximum absolute atomic E-state index is 12.6. The summed E-state index contributed by atoms with van der Waals surface area (Å²) in [5.74, 6) is -1.06. The monoisotopic (exact) mass is 399 g/mol. The SMILES string of the molecule is COc1ccc(Br)cc1S(=O)(=O)Nc1ccc(C)cc1C(=O)O. The highest BCUT2D eigenvalue weighted by molar-refractivity contribution is 9.10. The molecule has 0 saturated heterocycles. The second-order valence-corrected chi connectivity index (χ2v) is 7.32. The molecular weight excluding hydrogens is 386 g/mol. The number of carbonyl (C=O) groups is 1. The van der Waals surface area contributed by atoms with Crippen LogP contribution in [0.25, 0.3) is 0 Å². The van der Waals surface area contributed by atoms with Crippen LogP contribution < -0.4 is 9.46 Å². The van der Waals surface area contributed by atoms with Crippen molar-refractivity contribution in [2.75, 3.05) is 11.8 Å². The van der Waals surface area contributed by atoms with Crippen LogP contribution in [0.3, 0.4) is 0 Å². The Morgan fingerprint density at radius 2 is 1.91 bits per heavy atom. The Morgan fingerprint density at radius 1 is 1.22 bits per heavy atom. The highest BCUT2D eigenvalue weighted by Gasteiger charge is 2.22. The van der Waals surface area contributed by atoms with Crippen molar-refractivity contribution in [3.05, 3.63) is 52.0 Å². The lowest BCUT2D eigenvalue weighted by molar-refractivity contribution is 0.0698. The van der Waals surface area contributed by atoms with Crippen LogP contribution in [0.15, 0.2) is 45.8 Å². The summed E-state index contributed by atoms with van der Waals surface area (Å²) in [6, 6.07) is 8.98. The molecule has 0 aliphatic heterocycles. The molecule has 2 N–H and O–H groups in total. The third-order valence-corrected chi connectivity index (χ3v) is 4.94. The fourth-order valence-corrected chi connectivity index (χ4v) is 3.77. The number of aryl methyl sites for hydroxylation is 1. The molecule has 0 unspecified atom stereocenters. The van der Waals surface area contributed by atoms with Crippen LogP contribution in [0.1, 0.15) is 15.9 Å². The highest BCUT2D eigenvalue weighted by atomic mass is 79.9. The van der Waals surface area contributed by atoms with E-state index in [1.54, 1.807) is 19.1 Å². The number of aromatic carboxylic acids is 1. The van der Waals surface area contributed by atoms with E-state index < -0.39 is 16.0 Å². The Labute approximate surface area is 142 Å². The lowest BCUT2D eigenvalue weighted by atomic mass is 10.1. The van der Waals surface area contributed by atoms with Crippen molar-refractivity contribution in [1.29, 1.82) is 0 Å². The molecule has 0 aromatic heterocycles. The number of anilines is 1. The van der Waals surface area contributed by atoms with Gasteiger partial charge in [0.1, 0.15) is 10.6 Å². The van der Waals surface area contributed by atoms with Crippen LogP contribution in [-0.4, -0.2) is 26.6 Å². The minimum Gasteiger partial charge on any atom is -0.495 e. The summed E-state index contributed by atoms with van der Waals surface area (Å²) in [5.41, 5.74) is 0.582. The molecule has 2 aromatic rings. The van der Waals surface area contributed by atoms with Gasteiger partial charge < -0.3 is 9.84 Å². The summed E-state index contributed by atoms with van der Waals surface area (Å²) < 4.78 is 33.1. The number of halogens is 1. The van der Waals surface area contributed by atoms with Crippen molar-refractivity contribution < 1.29 is 23.1 Å². The van der Waals surface area contributed by atoms with E-state index in [1.807, 2.05) is 0 Å². The lowest BCUT2D eigenvalue weighted by Gasteiger charge is -2.14. The molecule has 8 heteroatoms. The van der Waals surface area contributed by atoms with Gasteiger partial charge >= 0.3 is 5.97 Å². The molecule has 2 aromatic carbocycles. The Morgan fingerprint density at radius 3 is 2.52 bits per heavy atom. The molecule has 6 nitrogen and oxygen atoms in total. The summed E-state index contributed by atoms with van der Waals surface area (Å²) in [5, 5.41) is 9.24. The van der Waals surface area contributed by atoms with E-state index in [-0.39, 0.29) is 21.9 Å². The van der Waals surface area contributed by atoms with Gasteiger partial charge in [-0.15, -0.1) is 0 Å². The van der Waals surface area contributed by atoms with Gasteiger partial charge in [0, 0.05) is 4.47 Å². The second kappa shape index (κ2) is 6.59. The van der Waals surface area contributed by atoms with Gasteiger partial charge in [0.25, 0.3) is 10.0 Å². The number of benzene rings is 2. The number of hydrogen-bond donors (Lipinski definition) is 2. The minimum absolute atomic E-state index is 0.00914. The Balaban J connectivity index is 2.52. The molecule has 0 radical (unpaired) electrons. The normalized spacial score (nSPS) is 11.1.